The van der Waals surface area contributed by atoms with E-state index < -0.39 is 0 Å². The molecule has 1 saturated heterocycles. The standard InChI is InChI=1S/C13H18N2O4/c16-15(17)12-3-1-11(2-4-12)5-7-14-9-13-6-8-18-10-19-13/h1-4,13-14H,5-10H2. The Balaban J connectivity index is 1.66. The van der Waals surface area contributed by atoms with Crippen LogP contribution < -0.4 is 5.32 Å². The molecule has 6 nitrogen and oxygen atoms in total. The van der Waals surface area contributed by atoms with E-state index in [2.05, 4.69) is 5.32 Å². The first-order chi connectivity index (χ1) is 9.25. The van der Waals surface area contributed by atoms with Crippen molar-refractivity contribution in [1.82, 2.24) is 5.32 Å². The molecule has 1 aromatic carbocycles. The summed E-state index contributed by atoms with van der Waals surface area (Å²) in [7, 11) is 0. The van der Waals surface area contributed by atoms with Gasteiger partial charge in [-0.3, -0.25) is 10.1 Å². The van der Waals surface area contributed by atoms with Crippen molar-refractivity contribution in [1.29, 1.82) is 0 Å². The van der Waals surface area contributed by atoms with E-state index in [9.17, 15) is 10.1 Å². The molecule has 0 bridgehead atoms. The van der Waals surface area contributed by atoms with Gasteiger partial charge in [-0.2, -0.15) is 0 Å². The molecule has 0 amide bonds. The van der Waals surface area contributed by atoms with E-state index in [0.29, 0.717) is 6.79 Å². The minimum atomic E-state index is -0.384. The highest BCUT2D eigenvalue weighted by Crippen LogP contribution is 2.12. The molecule has 1 fully saturated rings. The lowest BCUT2D eigenvalue weighted by molar-refractivity contribution is -0.384. The van der Waals surface area contributed by atoms with Crippen LogP contribution in [-0.2, 0) is 15.9 Å². The highest BCUT2D eigenvalue weighted by Gasteiger charge is 2.13. The molecule has 2 rings (SSSR count). The second-order valence-electron chi connectivity index (χ2n) is 4.48. The lowest BCUT2D eigenvalue weighted by Crippen LogP contribution is -2.34. The first kappa shape index (κ1) is 13.9. The predicted octanol–water partition coefficient (Wildman–Crippen LogP) is 1.49. The van der Waals surface area contributed by atoms with Crippen LogP contribution in [0.3, 0.4) is 0 Å². The minimum Gasteiger partial charge on any atom is -0.355 e. The summed E-state index contributed by atoms with van der Waals surface area (Å²) < 4.78 is 10.5. The van der Waals surface area contributed by atoms with Crippen LogP contribution in [0.5, 0.6) is 0 Å². The van der Waals surface area contributed by atoms with E-state index >= 15 is 0 Å². The molecule has 6 heteroatoms. The predicted molar refractivity (Wildman–Crippen MR) is 70.0 cm³/mol. The van der Waals surface area contributed by atoms with E-state index in [1.54, 1.807) is 12.1 Å². The summed E-state index contributed by atoms with van der Waals surface area (Å²) in [5.41, 5.74) is 1.22. The number of nitro benzene ring substituents is 1. The highest BCUT2D eigenvalue weighted by molar-refractivity contribution is 5.32. The third-order valence-electron chi connectivity index (χ3n) is 3.08. The van der Waals surface area contributed by atoms with E-state index in [0.717, 1.165) is 38.1 Å². The summed E-state index contributed by atoms with van der Waals surface area (Å²) in [5.74, 6) is 0. The quantitative estimate of drug-likeness (QED) is 0.480. The average molecular weight is 266 g/mol. The molecular formula is C13H18N2O4. The molecule has 0 saturated carbocycles. The van der Waals surface area contributed by atoms with Crippen LogP contribution in [0.1, 0.15) is 12.0 Å². The Morgan fingerprint density at radius 1 is 1.37 bits per heavy atom. The lowest BCUT2D eigenvalue weighted by atomic mass is 10.1. The van der Waals surface area contributed by atoms with Crippen molar-refractivity contribution in [3.63, 3.8) is 0 Å². The monoisotopic (exact) mass is 266 g/mol. The average Bonchev–Trinajstić information content (AvgIpc) is 2.45. The zero-order valence-electron chi connectivity index (χ0n) is 10.7. The number of nitrogens with one attached hydrogen (secondary N) is 1. The van der Waals surface area contributed by atoms with Gasteiger partial charge in [0.2, 0.25) is 0 Å². The Morgan fingerprint density at radius 2 is 2.16 bits per heavy atom. The molecule has 19 heavy (non-hydrogen) atoms. The molecule has 0 radical (unpaired) electrons. The van der Waals surface area contributed by atoms with E-state index in [4.69, 9.17) is 9.47 Å². The molecule has 1 atom stereocenters. The number of ether oxygens (including phenoxy) is 2. The van der Waals surface area contributed by atoms with E-state index in [-0.39, 0.29) is 16.7 Å². The maximum absolute atomic E-state index is 10.5. The summed E-state index contributed by atoms with van der Waals surface area (Å²) in [4.78, 5) is 10.1. The van der Waals surface area contributed by atoms with Crippen LogP contribution in [0.2, 0.25) is 0 Å². The van der Waals surface area contributed by atoms with Crippen molar-refractivity contribution in [2.24, 2.45) is 0 Å². The highest BCUT2D eigenvalue weighted by atomic mass is 16.7. The van der Waals surface area contributed by atoms with Crippen molar-refractivity contribution in [2.45, 2.75) is 18.9 Å². The van der Waals surface area contributed by atoms with Crippen LogP contribution in [-0.4, -0.2) is 37.5 Å². The molecule has 1 unspecified atom stereocenters. The van der Waals surface area contributed by atoms with Crippen LogP contribution in [0.4, 0.5) is 5.69 Å². The van der Waals surface area contributed by atoms with E-state index in [1.165, 1.54) is 12.1 Å². The van der Waals surface area contributed by atoms with E-state index in [1.807, 2.05) is 0 Å². The number of nitro groups is 1. The van der Waals surface area contributed by atoms with Crippen molar-refractivity contribution in [3.8, 4) is 0 Å². The molecule has 1 aliphatic rings. The van der Waals surface area contributed by atoms with Gasteiger partial charge in [0.15, 0.2) is 0 Å². The maximum Gasteiger partial charge on any atom is 0.269 e. The smallest absolute Gasteiger partial charge is 0.269 e. The SMILES string of the molecule is O=[N+]([O-])c1ccc(CCNCC2CCOCO2)cc1. The first-order valence-electron chi connectivity index (χ1n) is 6.39. The number of nitrogens with zero attached hydrogens (tertiary/aromatic N) is 1. The second-order valence-corrected chi connectivity index (χ2v) is 4.48. The number of benzene rings is 1. The number of non-ortho nitro benzene ring substituents is 1. The molecule has 0 aromatic heterocycles. The summed E-state index contributed by atoms with van der Waals surface area (Å²) in [6, 6.07) is 6.67. The molecule has 1 aromatic rings. The summed E-state index contributed by atoms with van der Waals surface area (Å²) in [5, 5.41) is 13.8. The third-order valence-corrected chi connectivity index (χ3v) is 3.08. The van der Waals surface area contributed by atoms with Gasteiger partial charge in [0.25, 0.3) is 5.69 Å². The molecule has 0 spiro atoms. The molecular weight excluding hydrogens is 248 g/mol. The fraction of sp³-hybridized carbons (Fsp3) is 0.538. The van der Waals surface area contributed by atoms with Gasteiger partial charge in [0.05, 0.1) is 17.6 Å². The van der Waals surface area contributed by atoms with Gasteiger partial charge in [-0.05, 0) is 24.9 Å². The van der Waals surface area contributed by atoms with Gasteiger partial charge in [0.1, 0.15) is 6.79 Å². The second kappa shape index (κ2) is 7.18. The van der Waals surface area contributed by atoms with Crippen LogP contribution in [0.25, 0.3) is 0 Å². The molecule has 1 N–H and O–H groups in total. The zero-order chi connectivity index (χ0) is 13.5. The number of rotatable bonds is 6. The Labute approximate surface area is 111 Å². The molecule has 0 aliphatic carbocycles. The maximum atomic E-state index is 10.5. The van der Waals surface area contributed by atoms with Gasteiger partial charge < -0.3 is 14.8 Å². The van der Waals surface area contributed by atoms with Crippen molar-refractivity contribution >= 4 is 5.69 Å². The Bertz CT molecular complexity index is 402. The fourth-order valence-electron chi connectivity index (χ4n) is 1.94. The normalized spacial score (nSPS) is 19.3. The van der Waals surface area contributed by atoms with Crippen molar-refractivity contribution < 1.29 is 14.4 Å². The molecule has 104 valence electrons. The lowest BCUT2D eigenvalue weighted by Gasteiger charge is -2.22. The molecule has 1 aliphatic heterocycles. The van der Waals surface area contributed by atoms with Gasteiger partial charge in [0, 0.05) is 18.7 Å². The topological polar surface area (TPSA) is 73.6 Å². The van der Waals surface area contributed by atoms with Crippen LogP contribution in [0, 0.1) is 10.1 Å². The van der Waals surface area contributed by atoms with Crippen molar-refractivity contribution in [2.75, 3.05) is 26.5 Å². The first-order valence-corrected chi connectivity index (χ1v) is 6.39. The van der Waals surface area contributed by atoms with Gasteiger partial charge >= 0.3 is 0 Å². The summed E-state index contributed by atoms with van der Waals surface area (Å²) in [6.07, 6.45) is 2.00. The van der Waals surface area contributed by atoms with Crippen LogP contribution in [0.15, 0.2) is 24.3 Å². The van der Waals surface area contributed by atoms with Gasteiger partial charge in [-0.15, -0.1) is 0 Å². The largest absolute Gasteiger partial charge is 0.355 e. The Morgan fingerprint density at radius 3 is 2.79 bits per heavy atom. The van der Waals surface area contributed by atoms with Crippen LogP contribution >= 0.6 is 0 Å². The Hall–Kier alpha value is -1.50. The summed E-state index contributed by atoms with van der Waals surface area (Å²) >= 11 is 0. The van der Waals surface area contributed by atoms with Gasteiger partial charge in [-0.1, -0.05) is 12.1 Å². The van der Waals surface area contributed by atoms with Crippen molar-refractivity contribution in [3.05, 3.63) is 39.9 Å². The third kappa shape index (κ3) is 4.59. The fourth-order valence-corrected chi connectivity index (χ4v) is 1.94. The zero-order valence-corrected chi connectivity index (χ0v) is 10.7. The Kier molecular flexibility index (Phi) is 5.26. The summed E-state index contributed by atoms with van der Waals surface area (Å²) in [6.45, 7) is 2.79. The number of hydrogen-bond donors (Lipinski definition) is 1. The molecule has 1 heterocycles. The number of hydrogen-bond acceptors (Lipinski definition) is 5. The minimum absolute atomic E-state index is 0.132. The van der Waals surface area contributed by atoms with Gasteiger partial charge in [-0.25, -0.2) is 0 Å².